The number of rotatable bonds is 15. The molecular weight excluding hydrogens is 523 g/mol. The van der Waals surface area contributed by atoms with E-state index in [4.69, 9.17) is 29.8 Å². The number of hydrogen-bond acceptors (Lipinski definition) is 9. The van der Waals surface area contributed by atoms with Crippen LogP contribution >= 0.6 is 19.2 Å². The standard InChI is InChI=1S/C23H38ClN4O6PSi/c1-8-31-35(30,32-9-2)14-11-18(15-33-36(6,7)22(3,4)5)34-23(12-10-13-28-23)20-19(27-17-29)21(24)26-16-25-20/h10,12-13,16-18H,8-9,11,14-15H2,1-7H3,(H,27,29). The molecule has 1 aliphatic rings. The molecule has 202 valence electrons. The van der Waals surface area contributed by atoms with Crippen molar-refractivity contribution in [3.8, 4) is 0 Å². The van der Waals surface area contributed by atoms with E-state index in [1.54, 1.807) is 32.2 Å². The van der Waals surface area contributed by atoms with Crippen LogP contribution in [-0.2, 0) is 33.3 Å². The molecule has 2 unspecified atom stereocenters. The number of ether oxygens (including phenoxy) is 1. The quantitative estimate of drug-likeness (QED) is 0.128. The van der Waals surface area contributed by atoms with Crippen molar-refractivity contribution in [1.82, 2.24) is 9.97 Å². The molecule has 0 spiro atoms. The number of nitrogens with one attached hydrogen (secondary N) is 1. The highest BCUT2D eigenvalue weighted by Gasteiger charge is 2.42. The van der Waals surface area contributed by atoms with E-state index >= 15 is 0 Å². The molecule has 10 nitrogen and oxygen atoms in total. The zero-order valence-corrected chi connectivity index (χ0v) is 24.8. The summed E-state index contributed by atoms with van der Waals surface area (Å²) in [6.07, 6.45) is 6.66. The molecule has 2 heterocycles. The molecule has 1 aliphatic heterocycles. The highest BCUT2D eigenvalue weighted by molar-refractivity contribution is 7.53. The summed E-state index contributed by atoms with van der Waals surface area (Å²) < 4.78 is 37.2. The van der Waals surface area contributed by atoms with E-state index in [-0.39, 0.29) is 47.6 Å². The molecular formula is C23H38ClN4O6PSi. The topological polar surface area (TPSA) is 121 Å². The van der Waals surface area contributed by atoms with Crippen molar-refractivity contribution < 1.29 is 27.6 Å². The molecule has 0 bridgehead atoms. The van der Waals surface area contributed by atoms with Crippen molar-refractivity contribution in [2.24, 2.45) is 4.99 Å². The number of aromatic nitrogens is 2. The second-order valence-corrected chi connectivity index (χ2v) is 17.1. The SMILES string of the molecule is CCOP(=O)(CCC(CO[Si](C)(C)C(C)(C)C)OC1(c2ncnc(Cl)c2NC=O)C=CC=N1)OCC. The predicted molar refractivity (Wildman–Crippen MR) is 144 cm³/mol. The van der Waals surface area contributed by atoms with Gasteiger partial charge in [0.25, 0.3) is 0 Å². The largest absolute Gasteiger partial charge is 0.414 e. The first-order valence-corrected chi connectivity index (χ1v) is 17.0. The molecule has 0 saturated heterocycles. The van der Waals surface area contributed by atoms with E-state index < -0.39 is 27.7 Å². The fourth-order valence-corrected chi connectivity index (χ4v) is 6.22. The van der Waals surface area contributed by atoms with Crippen LogP contribution in [0, 0.1) is 0 Å². The van der Waals surface area contributed by atoms with Crippen LogP contribution in [0.4, 0.5) is 5.69 Å². The number of anilines is 1. The Bertz CT molecular complexity index is 979. The lowest BCUT2D eigenvalue weighted by Gasteiger charge is -2.38. The summed E-state index contributed by atoms with van der Waals surface area (Å²) in [6, 6.07) is 0. The monoisotopic (exact) mass is 560 g/mol. The Labute approximate surface area is 219 Å². The lowest BCUT2D eigenvalue weighted by atomic mass is 10.1. The maximum absolute atomic E-state index is 13.2. The third kappa shape index (κ3) is 7.77. The van der Waals surface area contributed by atoms with Gasteiger partial charge < -0.3 is 23.5 Å². The minimum Gasteiger partial charge on any atom is -0.414 e. The van der Waals surface area contributed by atoms with E-state index in [1.807, 2.05) is 0 Å². The summed E-state index contributed by atoms with van der Waals surface area (Å²) in [5.41, 5.74) is -0.924. The summed E-state index contributed by atoms with van der Waals surface area (Å²) in [4.78, 5) is 24.1. The molecule has 0 aliphatic carbocycles. The minimum absolute atomic E-state index is 0.0200. The first kappa shape index (κ1) is 30.8. The van der Waals surface area contributed by atoms with Crippen molar-refractivity contribution in [1.29, 1.82) is 0 Å². The summed E-state index contributed by atoms with van der Waals surface area (Å²) in [7, 11) is -5.46. The van der Waals surface area contributed by atoms with Gasteiger partial charge in [-0.05, 0) is 50.6 Å². The van der Waals surface area contributed by atoms with Gasteiger partial charge in [0.15, 0.2) is 13.5 Å². The van der Waals surface area contributed by atoms with Gasteiger partial charge in [0, 0.05) is 6.21 Å². The Hall–Kier alpha value is -1.46. The zero-order chi connectivity index (χ0) is 27.0. The highest BCUT2D eigenvalue weighted by atomic mass is 35.5. The average molecular weight is 561 g/mol. The molecule has 0 saturated carbocycles. The molecule has 2 atom stereocenters. The van der Waals surface area contributed by atoms with E-state index in [9.17, 15) is 9.36 Å². The molecule has 36 heavy (non-hydrogen) atoms. The highest BCUT2D eigenvalue weighted by Crippen LogP contribution is 2.49. The van der Waals surface area contributed by atoms with Gasteiger partial charge in [-0.3, -0.25) is 9.36 Å². The molecule has 1 amide bonds. The van der Waals surface area contributed by atoms with Crippen LogP contribution in [0.1, 0.15) is 46.7 Å². The summed E-state index contributed by atoms with van der Waals surface area (Å²) >= 11 is 6.25. The third-order valence-corrected chi connectivity index (χ3v) is 13.1. The molecule has 0 aromatic carbocycles. The van der Waals surface area contributed by atoms with Crippen molar-refractivity contribution in [2.75, 3.05) is 31.3 Å². The summed E-state index contributed by atoms with van der Waals surface area (Å²) in [6.45, 7) is 15.1. The first-order valence-electron chi connectivity index (χ1n) is 12.0. The van der Waals surface area contributed by atoms with Gasteiger partial charge in [0.05, 0.1) is 32.1 Å². The maximum Gasteiger partial charge on any atom is 0.330 e. The van der Waals surface area contributed by atoms with Crippen LogP contribution in [0.15, 0.2) is 23.5 Å². The van der Waals surface area contributed by atoms with Gasteiger partial charge in [-0.15, -0.1) is 0 Å². The number of allylic oxidation sites excluding steroid dienone is 1. The third-order valence-electron chi connectivity index (χ3n) is 6.18. The van der Waals surface area contributed by atoms with Crippen LogP contribution in [0.5, 0.6) is 0 Å². The molecule has 0 fully saturated rings. The van der Waals surface area contributed by atoms with Gasteiger partial charge in [-0.1, -0.05) is 32.4 Å². The Kier molecular flexibility index (Phi) is 11.0. The number of hydrogen-bond donors (Lipinski definition) is 1. The number of nitrogens with zero attached hydrogens (tertiary/aromatic N) is 3. The van der Waals surface area contributed by atoms with Crippen molar-refractivity contribution in [3.63, 3.8) is 0 Å². The second kappa shape index (κ2) is 12.9. The molecule has 2 rings (SSSR count). The predicted octanol–water partition coefficient (Wildman–Crippen LogP) is 5.55. The fraction of sp³-hybridized carbons (Fsp3) is 0.652. The van der Waals surface area contributed by atoms with Gasteiger partial charge >= 0.3 is 7.60 Å². The minimum atomic E-state index is -3.32. The van der Waals surface area contributed by atoms with E-state index in [2.05, 4.69) is 54.1 Å². The Morgan fingerprint density at radius 2 is 1.89 bits per heavy atom. The number of carbonyl (C=O) groups excluding carboxylic acids is 1. The molecule has 13 heteroatoms. The summed E-state index contributed by atoms with van der Waals surface area (Å²) in [5, 5.41) is 2.58. The number of amides is 1. The van der Waals surface area contributed by atoms with Crippen molar-refractivity contribution >= 4 is 45.8 Å². The van der Waals surface area contributed by atoms with Crippen LogP contribution < -0.4 is 5.32 Å². The molecule has 1 aromatic rings. The molecule has 0 radical (unpaired) electrons. The van der Waals surface area contributed by atoms with Crippen LogP contribution in [0.3, 0.4) is 0 Å². The van der Waals surface area contributed by atoms with Gasteiger partial charge in [-0.2, -0.15) is 0 Å². The van der Waals surface area contributed by atoms with E-state index in [1.165, 1.54) is 6.33 Å². The number of aliphatic imine (C=N–C) groups is 1. The lowest BCUT2D eigenvalue weighted by molar-refractivity contribution is -0.105. The smallest absolute Gasteiger partial charge is 0.330 e. The van der Waals surface area contributed by atoms with Crippen molar-refractivity contribution in [2.45, 2.75) is 71.0 Å². The summed E-state index contributed by atoms with van der Waals surface area (Å²) in [5.74, 6) is 0. The Morgan fingerprint density at radius 1 is 1.22 bits per heavy atom. The Morgan fingerprint density at radius 3 is 2.42 bits per heavy atom. The molecule has 1 N–H and O–H groups in total. The normalized spacial score (nSPS) is 19.0. The molecule has 1 aromatic heterocycles. The number of carbonyl (C=O) groups is 1. The van der Waals surface area contributed by atoms with Crippen LogP contribution in [-0.4, -0.2) is 63.0 Å². The number of halogens is 1. The average Bonchev–Trinajstić information content (AvgIpc) is 3.26. The van der Waals surface area contributed by atoms with E-state index in [0.29, 0.717) is 12.8 Å². The van der Waals surface area contributed by atoms with Crippen LogP contribution in [0.2, 0.25) is 23.3 Å². The van der Waals surface area contributed by atoms with Gasteiger partial charge in [0.1, 0.15) is 17.7 Å². The maximum atomic E-state index is 13.2. The Balaban J connectivity index is 2.42. The lowest BCUT2D eigenvalue weighted by Crippen LogP contribution is -2.44. The first-order chi connectivity index (χ1) is 16.8. The van der Waals surface area contributed by atoms with E-state index in [0.717, 1.165) is 0 Å². The zero-order valence-electron chi connectivity index (χ0n) is 22.1. The van der Waals surface area contributed by atoms with Gasteiger partial charge in [0.2, 0.25) is 12.1 Å². The van der Waals surface area contributed by atoms with Crippen LogP contribution in [0.25, 0.3) is 0 Å². The van der Waals surface area contributed by atoms with Gasteiger partial charge in [-0.25, -0.2) is 15.0 Å². The second-order valence-electron chi connectivity index (χ2n) is 9.75. The van der Waals surface area contributed by atoms with Crippen molar-refractivity contribution in [3.05, 3.63) is 29.3 Å². The fourth-order valence-electron chi connectivity index (χ4n) is 3.27.